The van der Waals surface area contributed by atoms with Crippen LogP contribution in [0.4, 0.5) is 0 Å². The van der Waals surface area contributed by atoms with Gasteiger partial charge in [0.15, 0.2) is 0 Å². The molecule has 0 radical (unpaired) electrons. The van der Waals surface area contributed by atoms with Gasteiger partial charge in [-0.3, -0.25) is 0 Å². The third-order valence-corrected chi connectivity index (χ3v) is 3.96. The predicted molar refractivity (Wildman–Crippen MR) is 73.4 cm³/mol. The number of benzene rings is 1. The number of hydrogen-bond donors (Lipinski definition) is 3. The molecule has 1 fully saturated rings. The molecule has 1 aromatic heterocycles. The van der Waals surface area contributed by atoms with Gasteiger partial charge >= 0.3 is 0 Å². The molecule has 3 N–H and O–H groups in total. The van der Waals surface area contributed by atoms with Crippen molar-refractivity contribution in [1.82, 2.24) is 10.3 Å². The minimum absolute atomic E-state index is 0.0730. The van der Waals surface area contributed by atoms with Crippen molar-refractivity contribution in [3.8, 4) is 0 Å². The number of hydrogen-bond acceptors (Lipinski definition) is 2. The van der Waals surface area contributed by atoms with Crippen LogP contribution in [0.3, 0.4) is 0 Å². The summed E-state index contributed by atoms with van der Waals surface area (Å²) in [4.78, 5) is 3.24. The Morgan fingerprint density at radius 3 is 2.83 bits per heavy atom. The highest BCUT2D eigenvalue weighted by Crippen LogP contribution is 2.20. The van der Waals surface area contributed by atoms with E-state index >= 15 is 0 Å². The van der Waals surface area contributed by atoms with Crippen molar-refractivity contribution in [2.75, 3.05) is 0 Å². The number of H-pyrrole nitrogens is 1. The van der Waals surface area contributed by atoms with Gasteiger partial charge in [-0.25, -0.2) is 0 Å². The van der Waals surface area contributed by atoms with Crippen molar-refractivity contribution >= 4 is 10.9 Å². The third kappa shape index (κ3) is 2.42. The molecular weight excluding hydrogens is 224 g/mol. The lowest BCUT2D eigenvalue weighted by Gasteiger charge is -2.26. The average Bonchev–Trinajstić information content (AvgIpc) is 2.87. The van der Waals surface area contributed by atoms with Crippen LogP contribution in [0.2, 0.25) is 0 Å². The van der Waals surface area contributed by atoms with Gasteiger partial charge in [0.05, 0.1) is 6.10 Å². The Kier molecular flexibility index (Phi) is 3.35. The molecule has 2 aromatic rings. The zero-order chi connectivity index (χ0) is 12.4. The van der Waals surface area contributed by atoms with Crippen LogP contribution in [0.1, 0.15) is 31.2 Å². The number of aliphatic hydroxyl groups excluding tert-OH is 1. The van der Waals surface area contributed by atoms with E-state index in [0.29, 0.717) is 6.04 Å². The summed E-state index contributed by atoms with van der Waals surface area (Å²) < 4.78 is 0. The van der Waals surface area contributed by atoms with Gasteiger partial charge < -0.3 is 15.4 Å². The molecule has 1 heterocycles. The molecule has 18 heavy (non-hydrogen) atoms. The van der Waals surface area contributed by atoms with E-state index in [4.69, 9.17) is 0 Å². The average molecular weight is 244 g/mol. The fraction of sp³-hybridized carbons (Fsp3) is 0.467. The maximum absolute atomic E-state index is 9.49. The molecule has 0 atom stereocenters. The first kappa shape index (κ1) is 11.8. The lowest BCUT2D eigenvalue weighted by Crippen LogP contribution is -2.34. The van der Waals surface area contributed by atoms with Gasteiger partial charge in [-0.05, 0) is 43.4 Å². The zero-order valence-electron chi connectivity index (χ0n) is 10.5. The van der Waals surface area contributed by atoms with Gasteiger partial charge in [-0.15, -0.1) is 0 Å². The van der Waals surface area contributed by atoms with E-state index in [9.17, 15) is 5.11 Å². The Morgan fingerprint density at radius 1 is 1.17 bits per heavy atom. The standard InChI is InChI=1S/C15H20N2O/c18-13-6-4-12(5-7-13)17-10-11-2-1-3-15-14(11)8-9-16-15/h1-3,8-9,12-13,16-18H,4-7,10H2. The molecule has 3 heteroatoms. The summed E-state index contributed by atoms with van der Waals surface area (Å²) in [5.41, 5.74) is 2.55. The van der Waals surface area contributed by atoms with Crippen LogP contribution in [0.25, 0.3) is 10.9 Å². The second kappa shape index (κ2) is 5.12. The molecule has 1 aliphatic rings. The van der Waals surface area contributed by atoms with Crippen molar-refractivity contribution < 1.29 is 5.11 Å². The van der Waals surface area contributed by atoms with Crippen molar-refractivity contribution in [2.45, 2.75) is 44.4 Å². The van der Waals surface area contributed by atoms with Gasteiger partial charge in [-0.1, -0.05) is 12.1 Å². The molecular formula is C15H20N2O. The Balaban J connectivity index is 1.64. The molecule has 1 saturated carbocycles. The smallest absolute Gasteiger partial charge is 0.0541 e. The highest BCUT2D eigenvalue weighted by Gasteiger charge is 2.18. The molecule has 96 valence electrons. The van der Waals surface area contributed by atoms with E-state index in [2.05, 4.69) is 34.6 Å². The van der Waals surface area contributed by atoms with Crippen LogP contribution in [0.5, 0.6) is 0 Å². The maximum Gasteiger partial charge on any atom is 0.0541 e. The first-order valence-corrected chi connectivity index (χ1v) is 6.79. The van der Waals surface area contributed by atoms with Crippen LogP contribution in [0, 0.1) is 0 Å². The van der Waals surface area contributed by atoms with Gasteiger partial charge in [0.25, 0.3) is 0 Å². The van der Waals surface area contributed by atoms with Crippen LogP contribution in [-0.4, -0.2) is 22.2 Å². The molecule has 1 aliphatic carbocycles. The normalized spacial score (nSPS) is 24.5. The number of fused-ring (bicyclic) bond motifs is 1. The molecule has 0 bridgehead atoms. The van der Waals surface area contributed by atoms with E-state index in [0.717, 1.165) is 32.2 Å². The highest BCUT2D eigenvalue weighted by atomic mass is 16.3. The lowest BCUT2D eigenvalue weighted by molar-refractivity contribution is 0.116. The monoisotopic (exact) mass is 244 g/mol. The number of aliphatic hydroxyl groups is 1. The number of aromatic nitrogens is 1. The van der Waals surface area contributed by atoms with Crippen molar-refractivity contribution in [3.63, 3.8) is 0 Å². The van der Waals surface area contributed by atoms with E-state index in [1.165, 1.54) is 16.5 Å². The summed E-state index contributed by atoms with van der Waals surface area (Å²) in [6, 6.07) is 9.08. The Labute approximate surface area is 107 Å². The van der Waals surface area contributed by atoms with Gasteiger partial charge in [0.1, 0.15) is 0 Å². The van der Waals surface area contributed by atoms with Crippen LogP contribution in [-0.2, 0) is 6.54 Å². The maximum atomic E-state index is 9.49. The van der Waals surface area contributed by atoms with Crippen molar-refractivity contribution in [1.29, 1.82) is 0 Å². The first-order chi connectivity index (χ1) is 8.83. The lowest BCUT2D eigenvalue weighted by atomic mass is 9.93. The van der Waals surface area contributed by atoms with Gasteiger partial charge in [0.2, 0.25) is 0 Å². The van der Waals surface area contributed by atoms with Gasteiger partial charge in [-0.2, -0.15) is 0 Å². The quantitative estimate of drug-likeness (QED) is 0.777. The molecule has 1 aromatic carbocycles. The Morgan fingerprint density at radius 2 is 2.00 bits per heavy atom. The summed E-state index contributed by atoms with van der Waals surface area (Å²) >= 11 is 0. The van der Waals surface area contributed by atoms with E-state index < -0.39 is 0 Å². The Bertz CT molecular complexity index is 512. The second-order valence-electron chi connectivity index (χ2n) is 5.24. The summed E-state index contributed by atoms with van der Waals surface area (Å²) in [7, 11) is 0. The number of aromatic amines is 1. The SMILES string of the molecule is OC1CCC(NCc2cccc3[nH]ccc23)CC1. The molecule has 3 rings (SSSR count). The number of rotatable bonds is 3. The zero-order valence-corrected chi connectivity index (χ0v) is 10.5. The predicted octanol–water partition coefficient (Wildman–Crippen LogP) is 2.56. The fourth-order valence-electron chi connectivity index (χ4n) is 2.84. The Hall–Kier alpha value is -1.32. The molecule has 0 saturated heterocycles. The largest absolute Gasteiger partial charge is 0.393 e. The minimum atomic E-state index is -0.0730. The summed E-state index contributed by atoms with van der Waals surface area (Å²) in [6.07, 6.45) is 5.97. The molecule has 0 unspecified atom stereocenters. The van der Waals surface area contributed by atoms with Crippen LogP contribution >= 0.6 is 0 Å². The van der Waals surface area contributed by atoms with E-state index in [1.807, 2.05) is 6.20 Å². The first-order valence-electron chi connectivity index (χ1n) is 6.79. The summed E-state index contributed by atoms with van der Waals surface area (Å²) in [5, 5.41) is 14.4. The minimum Gasteiger partial charge on any atom is -0.393 e. The molecule has 3 nitrogen and oxygen atoms in total. The second-order valence-corrected chi connectivity index (χ2v) is 5.24. The van der Waals surface area contributed by atoms with Crippen molar-refractivity contribution in [3.05, 3.63) is 36.0 Å². The molecule has 0 aliphatic heterocycles. The van der Waals surface area contributed by atoms with E-state index in [-0.39, 0.29) is 6.10 Å². The highest BCUT2D eigenvalue weighted by molar-refractivity contribution is 5.82. The van der Waals surface area contributed by atoms with Gasteiger partial charge in [0, 0.05) is 29.7 Å². The van der Waals surface area contributed by atoms with Crippen LogP contribution in [0.15, 0.2) is 30.5 Å². The van der Waals surface area contributed by atoms with Crippen LogP contribution < -0.4 is 5.32 Å². The van der Waals surface area contributed by atoms with E-state index in [1.54, 1.807) is 0 Å². The summed E-state index contributed by atoms with van der Waals surface area (Å²) in [5.74, 6) is 0. The summed E-state index contributed by atoms with van der Waals surface area (Å²) in [6.45, 7) is 0.913. The third-order valence-electron chi connectivity index (χ3n) is 3.96. The molecule has 0 spiro atoms. The molecule has 0 amide bonds. The number of nitrogens with one attached hydrogen (secondary N) is 2. The fourth-order valence-corrected chi connectivity index (χ4v) is 2.84. The van der Waals surface area contributed by atoms with Crippen molar-refractivity contribution in [2.24, 2.45) is 0 Å². The topological polar surface area (TPSA) is 48.0 Å².